The van der Waals surface area contributed by atoms with Crippen molar-refractivity contribution < 1.29 is 26.4 Å². The molecule has 2 aliphatic heterocycles. The van der Waals surface area contributed by atoms with Crippen molar-refractivity contribution in [1.29, 1.82) is 0 Å². The number of carbonyl (C=O) groups excluding carboxylic acids is 1. The Morgan fingerprint density at radius 1 is 1.19 bits per heavy atom. The summed E-state index contributed by atoms with van der Waals surface area (Å²) in [5, 5.41) is 2.67. The van der Waals surface area contributed by atoms with E-state index in [9.17, 15) is 26.4 Å². The summed E-state index contributed by atoms with van der Waals surface area (Å²) in [5.74, 6) is -0.0470. The van der Waals surface area contributed by atoms with Gasteiger partial charge in [-0.2, -0.15) is 17.5 Å². The van der Waals surface area contributed by atoms with Crippen LogP contribution in [0.4, 0.5) is 18.9 Å². The number of hydrogen-bond acceptors (Lipinski definition) is 5. The molecule has 0 saturated carbocycles. The maximum atomic E-state index is 13.5. The van der Waals surface area contributed by atoms with Crippen LogP contribution in [0.1, 0.15) is 23.5 Å². The van der Waals surface area contributed by atoms with E-state index < -0.39 is 28.7 Å². The summed E-state index contributed by atoms with van der Waals surface area (Å²) in [5.41, 5.74) is 1.54. The smallest absolute Gasteiger partial charge is 0.343 e. The van der Waals surface area contributed by atoms with Crippen LogP contribution in [0.25, 0.3) is 11.6 Å². The van der Waals surface area contributed by atoms with Gasteiger partial charge in [0, 0.05) is 37.1 Å². The maximum absolute atomic E-state index is 13.5. The number of nitrogens with zero attached hydrogens (tertiary/aromatic N) is 3. The lowest BCUT2D eigenvalue weighted by Gasteiger charge is -2.23. The van der Waals surface area contributed by atoms with E-state index >= 15 is 0 Å². The van der Waals surface area contributed by atoms with Crippen LogP contribution in [0.3, 0.4) is 0 Å². The number of carbonyl (C=O) groups is 1. The van der Waals surface area contributed by atoms with Crippen molar-refractivity contribution in [1.82, 2.24) is 19.2 Å². The van der Waals surface area contributed by atoms with Gasteiger partial charge >= 0.3 is 6.18 Å². The first-order chi connectivity index (χ1) is 15.0. The summed E-state index contributed by atoms with van der Waals surface area (Å²) in [7, 11) is -4.06. The quantitative estimate of drug-likeness (QED) is 0.671. The normalized spacial score (nSPS) is 19.8. The molecule has 0 spiro atoms. The molecule has 1 aromatic carbocycles. The van der Waals surface area contributed by atoms with Crippen molar-refractivity contribution in [2.75, 3.05) is 38.0 Å². The first-order valence-corrected chi connectivity index (χ1v) is 11.5. The molecule has 12 heteroatoms. The van der Waals surface area contributed by atoms with Gasteiger partial charge in [-0.25, -0.2) is 13.4 Å². The van der Waals surface area contributed by atoms with Gasteiger partial charge < -0.3 is 10.3 Å². The molecule has 0 radical (unpaired) electrons. The molecule has 1 aromatic heterocycles. The van der Waals surface area contributed by atoms with Gasteiger partial charge in [0.1, 0.15) is 5.82 Å². The molecular formula is C20H22F3N5O3S. The van der Waals surface area contributed by atoms with Gasteiger partial charge in [-0.05, 0) is 38.1 Å². The van der Waals surface area contributed by atoms with E-state index in [1.807, 2.05) is 0 Å². The summed E-state index contributed by atoms with van der Waals surface area (Å²) in [6.45, 7) is 0.878. The molecule has 1 amide bonds. The third kappa shape index (κ3) is 4.57. The molecule has 4 rings (SSSR count). The van der Waals surface area contributed by atoms with E-state index in [1.54, 1.807) is 19.2 Å². The second kappa shape index (κ2) is 8.34. The second-order valence-corrected chi connectivity index (χ2v) is 9.70. The fraction of sp³-hybridized carbons (Fsp3) is 0.400. The van der Waals surface area contributed by atoms with Crippen molar-refractivity contribution in [3.63, 3.8) is 0 Å². The highest BCUT2D eigenvalue weighted by molar-refractivity contribution is 7.89. The predicted octanol–water partition coefficient (Wildman–Crippen LogP) is 2.47. The molecular weight excluding hydrogens is 447 g/mol. The Bertz CT molecular complexity index is 1170. The zero-order chi connectivity index (χ0) is 23.1. The molecule has 0 bridgehead atoms. The Labute approximate surface area is 183 Å². The molecule has 1 fully saturated rings. The molecule has 1 saturated heterocycles. The molecule has 0 atom stereocenters. The van der Waals surface area contributed by atoms with Gasteiger partial charge in [0.25, 0.3) is 5.91 Å². The summed E-state index contributed by atoms with van der Waals surface area (Å²) < 4.78 is 66.4. The first-order valence-electron chi connectivity index (χ1n) is 10.0. The van der Waals surface area contributed by atoms with E-state index in [0.29, 0.717) is 11.5 Å². The number of anilines is 1. The third-order valence-electron chi connectivity index (χ3n) is 5.36. The zero-order valence-electron chi connectivity index (χ0n) is 17.2. The zero-order valence-corrected chi connectivity index (χ0v) is 18.1. The van der Waals surface area contributed by atoms with Crippen molar-refractivity contribution in [2.45, 2.75) is 24.4 Å². The first kappa shape index (κ1) is 22.5. The molecule has 8 nitrogen and oxygen atoms in total. The fourth-order valence-electron chi connectivity index (χ4n) is 3.95. The molecule has 0 unspecified atom stereocenters. The van der Waals surface area contributed by atoms with Crippen LogP contribution in [-0.4, -0.2) is 72.4 Å². The lowest BCUT2D eigenvalue weighted by molar-refractivity contribution is -0.145. The van der Waals surface area contributed by atoms with Gasteiger partial charge in [-0.3, -0.25) is 9.69 Å². The number of imidazole rings is 1. The highest BCUT2D eigenvalue weighted by atomic mass is 32.2. The lowest BCUT2D eigenvalue weighted by atomic mass is 10.1. The number of alkyl halides is 3. The lowest BCUT2D eigenvalue weighted by Crippen LogP contribution is -2.38. The summed E-state index contributed by atoms with van der Waals surface area (Å²) in [6, 6.07) is 4.54. The molecule has 2 aliphatic rings. The highest BCUT2D eigenvalue weighted by Gasteiger charge is 2.37. The van der Waals surface area contributed by atoms with Gasteiger partial charge in [-0.15, -0.1) is 0 Å². The van der Waals surface area contributed by atoms with Crippen molar-refractivity contribution in [3.8, 4) is 0 Å². The topological polar surface area (TPSA) is 98.4 Å². The van der Waals surface area contributed by atoms with Gasteiger partial charge in [0.2, 0.25) is 10.0 Å². The molecule has 2 N–H and O–H groups in total. The average molecular weight is 469 g/mol. The summed E-state index contributed by atoms with van der Waals surface area (Å²) in [4.78, 5) is 20.9. The van der Waals surface area contributed by atoms with Crippen LogP contribution in [-0.2, 0) is 14.8 Å². The molecule has 2 aromatic rings. The Kier molecular flexibility index (Phi) is 5.86. The SMILES string of the molecule is Cc1cnc(C=C2C(=O)Nc3cccc(S(=O)(=O)N4CCCN(CC(F)(F)F)CC4)c32)[nH]1. The van der Waals surface area contributed by atoms with E-state index in [-0.39, 0.29) is 48.6 Å². The van der Waals surface area contributed by atoms with Gasteiger partial charge in [-0.1, -0.05) is 6.07 Å². The van der Waals surface area contributed by atoms with Crippen molar-refractivity contribution >= 4 is 33.3 Å². The Balaban J connectivity index is 1.67. The largest absolute Gasteiger partial charge is 0.401 e. The standard InChI is InChI=1S/C20H22F3N5O3S/c1-13-11-24-17(25-13)10-14-18-15(26-19(14)29)4-2-5-16(18)32(30,31)28-7-3-6-27(8-9-28)12-20(21,22)23/h2,4-5,10-11H,3,6-9,12H2,1H3,(H,24,25)(H,26,29). The highest BCUT2D eigenvalue weighted by Crippen LogP contribution is 2.38. The van der Waals surface area contributed by atoms with Crippen LogP contribution < -0.4 is 5.32 Å². The van der Waals surface area contributed by atoms with E-state index in [1.165, 1.54) is 27.4 Å². The maximum Gasteiger partial charge on any atom is 0.401 e. The minimum Gasteiger partial charge on any atom is -0.343 e. The number of hydrogen-bond donors (Lipinski definition) is 2. The Morgan fingerprint density at radius 3 is 2.66 bits per heavy atom. The molecule has 172 valence electrons. The van der Waals surface area contributed by atoms with Crippen LogP contribution >= 0.6 is 0 Å². The molecule has 0 aliphatic carbocycles. The van der Waals surface area contributed by atoms with Crippen LogP contribution in [0, 0.1) is 6.92 Å². The number of aryl methyl sites for hydroxylation is 1. The molecule has 3 heterocycles. The average Bonchev–Trinajstić information content (AvgIpc) is 3.15. The Hall–Kier alpha value is -2.70. The number of nitrogens with one attached hydrogen (secondary N) is 2. The van der Waals surface area contributed by atoms with Gasteiger partial charge in [0.05, 0.1) is 22.7 Å². The number of fused-ring (bicyclic) bond motifs is 1. The van der Waals surface area contributed by atoms with E-state index in [2.05, 4.69) is 15.3 Å². The minimum atomic E-state index is -4.34. The number of aromatic amines is 1. The third-order valence-corrected chi connectivity index (χ3v) is 7.30. The number of sulfonamides is 1. The fourth-order valence-corrected chi connectivity index (χ4v) is 5.65. The monoisotopic (exact) mass is 469 g/mol. The van der Waals surface area contributed by atoms with E-state index in [0.717, 1.165) is 5.69 Å². The van der Waals surface area contributed by atoms with Crippen molar-refractivity contribution in [2.24, 2.45) is 0 Å². The number of aromatic nitrogens is 2. The minimum absolute atomic E-state index is 0.0285. The summed E-state index contributed by atoms with van der Waals surface area (Å²) >= 11 is 0. The number of halogens is 3. The number of rotatable bonds is 4. The number of benzene rings is 1. The van der Waals surface area contributed by atoms with Crippen LogP contribution in [0.2, 0.25) is 0 Å². The van der Waals surface area contributed by atoms with Crippen molar-refractivity contribution in [3.05, 3.63) is 41.5 Å². The van der Waals surface area contributed by atoms with E-state index in [4.69, 9.17) is 0 Å². The van der Waals surface area contributed by atoms with Crippen LogP contribution in [0.5, 0.6) is 0 Å². The number of H-pyrrole nitrogens is 1. The summed E-state index contributed by atoms with van der Waals surface area (Å²) in [6.07, 6.45) is -0.993. The van der Waals surface area contributed by atoms with Crippen LogP contribution in [0.15, 0.2) is 29.3 Å². The predicted molar refractivity (Wildman–Crippen MR) is 112 cm³/mol. The van der Waals surface area contributed by atoms with Gasteiger partial charge in [0.15, 0.2) is 0 Å². The number of amides is 1. The Morgan fingerprint density at radius 2 is 1.97 bits per heavy atom. The molecule has 32 heavy (non-hydrogen) atoms. The second-order valence-electron chi connectivity index (χ2n) is 7.79.